The highest BCUT2D eigenvalue weighted by Gasteiger charge is 2.51. The summed E-state index contributed by atoms with van der Waals surface area (Å²) in [5, 5.41) is 135. The minimum Gasteiger partial charge on any atom is -0.481 e. The van der Waals surface area contributed by atoms with E-state index in [9.17, 15) is 75.0 Å². The van der Waals surface area contributed by atoms with Crippen molar-refractivity contribution in [2.45, 2.75) is 195 Å². The molecule has 0 saturated carbocycles. The van der Waals surface area contributed by atoms with Crippen molar-refractivity contribution in [3.05, 3.63) is 85.1 Å². The summed E-state index contributed by atoms with van der Waals surface area (Å²) in [5.41, 5.74) is 10.7. The normalized spacial score (nSPS) is 38.2. The van der Waals surface area contributed by atoms with Crippen LogP contribution in [0.3, 0.4) is 0 Å². The van der Waals surface area contributed by atoms with Crippen molar-refractivity contribution in [1.82, 2.24) is 16.0 Å². The number of carbonyl (C=O) groups excluding carboxylic acids is 3. The fourth-order valence-electron chi connectivity index (χ4n) is 9.24. The number of hydrogen-bond acceptors (Lipinski definition) is 22. The van der Waals surface area contributed by atoms with Crippen LogP contribution in [0, 0.1) is 17.8 Å². The Balaban J connectivity index is 0.00000213. The first-order valence-corrected chi connectivity index (χ1v) is 28.0. The van der Waals surface area contributed by atoms with Gasteiger partial charge in [0.25, 0.3) is 0 Å². The Kier molecular flexibility index (Phi) is 34.6. The largest absolute Gasteiger partial charge is 0.481 e. The molecule has 3 aliphatic rings. The smallest absolute Gasteiger partial charge is 0.320 e. The van der Waals surface area contributed by atoms with E-state index in [1.165, 1.54) is 6.92 Å². The summed E-state index contributed by atoms with van der Waals surface area (Å²) >= 11 is 0. The summed E-state index contributed by atoms with van der Waals surface area (Å²) in [7, 11) is 1.55. The van der Waals surface area contributed by atoms with Gasteiger partial charge < -0.3 is 108 Å². The number of cyclic esters (lactones) is 1. The highest BCUT2D eigenvalue weighted by molar-refractivity contribution is 5.80. The lowest BCUT2D eigenvalue weighted by atomic mass is 9.82. The molecule has 20 atom stereocenters. The average molecular weight is 1180 g/mol. The number of aliphatic carboxylic acids is 2. The van der Waals surface area contributed by atoms with E-state index >= 15 is 0 Å². The zero-order chi connectivity index (χ0) is 62.4. The number of ether oxygens (including phenoxy) is 4. The van der Waals surface area contributed by atoms with Crippen molar-refractivity contribution < 1.29 is 104 Å². The second kappa shape index (κ2) is 38.8. The molecule has 19 N–H and O–H groups in total. The third kappa shape index (κ3) is 28.1. The molecule has 0 spiro atoms. The number of aliphatic hydroxyl groups excluding tert-OH is 9. The third-order valence-electron chi connectivity index (χ3n) is 14.1. The fourth-order valence-corrected chi connectivity index (χ4v) is 9.24. The van der Waals surface area contributed by atoms with Gasteiger partial charge in [-0.15, -0.1) is 0 Å². The Labute approximate surface area is 484 Å². The van der Waals surface area contributed by atoms with Crippen LogP contribution in [-0.4, -0.2) is 221 Å². The van der Waals surface area contributed by atoms with Gasteiger partial charge in [0.15, 0.2) is 12.1 Å². The number of nitrogens with one attached hydrogen (secondary N) is 3. The number of fused-ring (bicyclic) bond motifs is 2. The standard InChI is InChI=1S/C52H84N4O17.C5H9NO4/c1-31-18-16-14-12-10-8-6-7-9-11-13-15-17-19-38(72-51-49(67)46(48(66)34(4)71-51)56-43(63)30-54-5)27-42-45(50(68)55-23-22-53)41(62)29-52(69,73-42)28-37(59)25-40(61)39(60)21-20-35(57)24-36(58)26-44(64)70-33(3)32(2)47(31)65;6-3(5(9)10)1-2-4(7)8/h6-19,31-42,45-49,51,54,57-62,65-67,69H,20-30,53H2,1-5H3,(H,55,68)(H,56,63);3H,1-2,6H2,(H,7,8)(H,9,10)/b7-6+,10-8+,11-9+,14-12+,15-13+,18-16+,19-17+;/t31-,32-,33-,34+,35+,36+,37-,38-,39+,40+,41-,42-,45+,46-,47+,48+,49-,51-,52+;/m0./s1. The Hall–Kier alpha value is -5.11. The first kappa shape index (κ1) is 74.0. The molecule has 3 aliphatic heterocycles. The zero-order valence-electron chi connectivity index (χ0n) is 47.9. The minimum absolute atomic E-state index is 0.0231. The fraction of sp³-hybridized carbons (Fsp3) is 0.667. The van der Waals surface area contributed by atoms with Gasteiger partial charge >= 0.3 is 17.9 Å². The first-order valence-electron chi connectivity index (χ1n) is 28.0. The van der Waals surface area contributed by atoms with Crippen LogP contribution in [0.15, 0.2) is 85.1 Å². The molecule has 83 heavy (non-hydrogen) atoms. The van der Waals surface area contributed by atoms with Crippen molar-refractivity contribution in [2.75, 3.05) is 26.7 Å². The van der Waals surface area contributed by atoms with Crippen molar-refractivity contribution in [1.29, 1.82) is 0 Å². The summed E-state index contributed by atoms with van der Waals surface area (Å²) < 4.78 is 23.9. The predicted molar refractivity (Wildman–Crippen MR) is 302 cm³/mol. The molecule has 2 amide bonds. The Bertz CT molecular complexity index is 2180. The maximum atomic E-state index is 13.6. The van der Waals surface area contributed by atoms with Crippen molar-refractivity contribution in [3.63, 3.8) is 0 Å². The van der Waals surface area contributed by atoms with Gasteiger partial charge in [-0.05, 0) is 46.6 Å². The number of likely N-dealkylation sites (N-methyl/N-ethyl adjacent to an activating group) is 1. The number of aliphatic hydroxyl groups is 10. The van der Waals surface area contributed by atoms with E-state index < -0.39 is 171 Å². The SMILES string of the molecule is CNCC(=O)N[C@@H]1[C@H](O)[C@H](O[C@H]2/C=C/C=C/C=C/C=C/C=C/C=C/C=C/[C@H](C)[C@@H](O)[C@@H](C)[C@H](C)OC(=O)C[C@H](O)C[C@H](O)CC[C@@H](O)[C@H](O)C[C@H](O)C[C@]3(O)C[C@H](O)[C@@H](C(=O)NCCN)[C@H](C2)O3)O[C@H](C)[C@H]1O.NC(CCC(=O)O)C(=O)O. The molecular formula is C57H93N5O21. The van der Waals surface area contributed by atoms with Crippen LogP contribution in [0.5, 0.6) is 0 Å². The molecule has 26 nitrogen and oxygen atoms in total. The summed E-state index contributed by atoms with van der Waals surface area (Å²) in [6.07, 6.45) is 3.24. The molecule has 1 unspecified atom stereocenters. The molecular weight excluding hydrogens is 1090 g/mol. The van der Waals surface area contributed by atoms with Crippen LogP contribution >= 0.6 is 0 Å². The van der Waals surface area contributed by atoms with Gasteiger partial charge in [-0.25, -0.2) is 0 Å². The molecule has 472 valence electrons. The molecule has 3 heterocycles. The molecule has 26 heteroatoms. The number of nitrogens with two attached hydrogens (primary N) is 2. The minimum atomic E-state index is -2.31. The highest BCUT2D eigenvalue weighted by atomic mass is 16.7. The van der Waals surface area contributed by atoms with Gasteiger partial charge in [-0.1, -0.05) is 98.9 Å². The van der Waals surface area contributed by atoms with E-state index in [2.05, 4.69) is 16.0 Å². The second-order valence-corrected chi connectivity index (χ2v) is 21.2. The number of esters is 1. The summed E-state index contributed by atoms with van der Waals surface area (Å²) in [4.78, 5) is 58.7. The van der Waals surface area contributed by atoms with Gasteiger partial charge in [0.05, 0.1) is 86.0 Å². The van der Waals surface area contributed by atoms with Crippen LogP contribution in [0.4, 0.5) is 0 Å². The molecule has 3 rings (SSSR count). The summed E-state index contributed by atoms with van der Waals surface area (Å²) in [6.45, 7) is 6.73. The van der Waals surface area contributed by atoms with Crippen LogP contribution in [0.25, 0.3) is 0 Å². The Morgan fingerprint density at radius 1 is 0.723 bits per heavy atom. The number of carbonyl (C=O) groups is 5. The quantitative estimate of drug-likeness (QED) is 0.0973. The maximum Gasteiger partial charge on any atom is 0.320 e. The number of amides is 2. The van der Waals surface area contributed by atoms with Crippen LogP contribution in [0.1, 0.15) is 91.9 Å². The lowest BCUT2D eigenvalue weighted by Crippen LogP contribution is -2.64. The second-order valence-electron chi connectivity index (χ2n) is 21.2. The number of rotatable bonds is 12. The molecule has 0 radical (unpaired) electrons. The average Bonchev–Trinajstić information content (AvgIpc) is 3.55. The van der Waals surface area contributed by atoms with Crippen molar-refractivity contribution >= 4 is 29.7 Å². The molecule has 0 aromatic heterocycles. The Morgan fingerprint density at radius 2 is 1.31 bits per heavy atom. The van der Waals surface area contributed by atoms with E-state index in [-0.39, 0.29) is 64.1 Å². The van der Waals surface area contributed by atoms with Gasteiger partial charge in [0, 0.05) is 57.0 Å². The van der Waals surface area contributed by atoms with E-state index in [0.717, 1.165) is 0 Å². The van der Waals surface area contributed by atoms with Gasteiger partial charge in [-0.3, -0.25) is 24.0 Å². The van der Waals surface area contributed by atoms with Crippen LogP contribution in [0.2, 0.25) is 0 Å². The molecule has 0 aliphatic carbocycles. The zero-order valence-corrected chi connectivity index (χ0v) is 47.9. The number of hydrogen-bond donors (Lipinski definition) is 17. The van der Waals surface area contributed by atoms with Crippen LogP contribution in [-0.2, 0) is 42.9 Å². The van der Waals surface area contributed by atoms with Crippen LogP contribution < -0.4 is 27.4 Å². The number of carboxylic acid groups (broad SMARTS) is 2. The lowest BCUT2D eigenvalue weighted by Gasteiger charge is -2.46. The van der Waals surface area contributed by atoms with Gasteiger partial charge in [0.1, 0.15) is 24.4 Å². The van der Waals surface area contributed by atoms with Gasteiger partial charge in [-0.2, -0.15) is 0 Å². The first-order chi connectivity index (χ1) is 39.1. The van der Waals surface area contributed by atoms with E-state index in [1.807, 2.05) is 25.2 Å². The van der Waals surface area contributed by atoms with Gasteiger partial charge in [0.2, 0.25) is 11.8 Å². The monoisotopic (exact) mass is 1180 g/mol. The topological polar surface area (TPSA) is 453 Å². The summed E-state index contributed by atoms with van der Waals surface area (Å²) in [6, 6.07) is -2.28. The van der Waals surface area contributed by atoms with Crippen molar-refractivity contribution in [2.24, 2.45) is 29.2 Å². The lowest BCUT2D eigenvalue weighted by molar-refractivity contribution is -0.307. The van der Waals surface area contributed by atoms with E-state index in [0.29, 0.717) is 0 Å². The van der Waals surface area contributed by atoms with E-state index in [4.69, 9.17) is 40.6 Å². The molecule has 0 aromatic carbocycles. The molecule has 2 bridgehead atoms. The predicted octanol–water partition coefficient (Wildman–Crippen LogP) is -1.66. The third-order valence-corrected chi connectivity index (χ3v) is 14.1. The summed E-state index contributed by atoms with van der Waals surface area (Å²) in [5.74, 6) is -8.51. The van der Waals surface area contributed by atoms with Crippen molar-refractivity contribution in [3.8, 4) is 0 Å². The molecule has 0 aromatic rings. The maximum absolute atomic E-state index is 13.6. The highest BCUT2D eigenvalue weighted by Crippen LogP contribution is 2.38. The number of allylic oxidation sites excluding steroid dienone is 12. The van der Waals surface area contributed by atoms with E-state index in [1.54, 1.807) is 87.7 Å². The number of carboxylic acids is 2. The molecule has 2 saturated heterocycles. The molecule has 2 fully saturated rings. The Morgan fingerprint density at radius 3 is 1.88 bits per heavy atom.